The number of aromatic nitrogens is 3. The molecule has 0 bridgehead atoms. The number of carbonyl (C=O) groups is 1. The van der Waals surface area contributed by atoms with E-state index in [1.807, 2.05) is 0 Å². The summed E-state index contributed by atoms with van der Waals surface area (Å²) in [5.74, 6) is 0.00236. The maximum Gasteiger partial charge on any atom is 0.387 e. The first-order chi connectivity index (χ1) is 9.08. The Labute approximate surface area is 111 Å². The summed E-state index contributed by atoms with van der Waals surface area (Å²) in [6, 6.07) is 4.28. The van der Waals surface area contributed by atoms with Crippen LogP contribution in [0.25, 0.3) is 0 Å². The molecule has 5 nitrogen and oxygen atoms in total. The van der Waals surface area contributed by atoms with Crippen molar-refractivity contribution in [2.75, 3.05) is 0 Å². The van der Waals surface area contributed by atoms with Crippen molar-refractivity contribution in [2.45, 2.75) is 13.2 Å². The second kappa shape index (κ2) is 5.75. The molecule has 0 fully saturated rings. The van der Waals surface area contributed by atoms with Gasteiger partial charge in [-0.15, -0.1) is 5.10 Å². The Morgan fingerprint density at radius 1 is 1.47 bits per heavy atom. The van der Waals surface area contributed by atoms with Gasteiger partial charge in [0.1, 0.15) is 11.4 Å². The van der Waals surface area contributed by atoms with Gasteiger partial charge in [0.15, 0.2) is 6.29 Å². The fourth-order valence-electron chi connectivity index (χ4n) is 1.50. The van der Waals surface area contributed by atoms with Crippen LogP contribution < -0.4 is 4.74 Å². The van der Waals surface area contributed by atoms with E-state index in [0.29, 0.717) is 16.9 Å². The molecule has 0 amide bonds. The van der Waals surface area contributed by atoms with Crippen LogP contribution in [-0.2, 0) is 6.54 Å². The number of hydrogen-bond acceptors (Lipinski definition) is 4. The highest BCUT2D eigenvalue weighted by atomic mass is 35.5. The Morgan fingerprint density at radius 3 is 2.89 bits per heavy atom. The van der Waals surface area contributed by atoms with Gasteiger partial charge in [-0.25, -0.2) is 4.68 Å². The van der Waals surface area contributed by atoms with E-state index in [1.165, 1.54) is 29.1 Å². The zero-order valence-corrected chi connectivity index (χ0v) is 10.2. The molecule has 0 saturated heterocycles. The van der Waals surface area contributed by atoms with Crippen LogP contribution in [0.15, 0.2) is 24.4 Å². The molecular formula is C11H8ClF2N3O2. The van der Waals surface area contributed by atoms with E-state index in [0.717, 1.165) is 0 Å². The lowest BCUT2D eigenvalue weighted by atomic mass is 10.2. The van der Waals surface area contributed by atoms with Crippen molar-refractivity contribution in [3.05, 3.63) is 40.7 Å². The topological polar surface area (TPSA) is 57.0 Å². The highest BCUT2D eigenvalue weighted by Gasteiger charge is 2.11. The summed E-state index contributed by atoms with van der Waals surface area (Å²) in [7, 11) is 0. The van der Waals surface area contributed by atoms with Gasteiger partial charge in [0.25, 0.3) is 0 Å². The molecule has 0 N–H and O–H groups in total. The molecular weight excluding hydrogens is 280 g/mol. The minimum atomic E-state index is -2.93. The van der Waals surface area contributed by atoms with Gasteiger partial charge < -0.3 is 4.74 Å². The van der Waals surface area contributed by atoms with Crippen molar-refractivity contribution in [3.63, 3.8) is 0 Å². The first kappa shape index (κ1) is 13.4. The van der Waals surface area contributed by atoms with Crippen molar-refractivity contribution in [2.24, 2.45) is 0 Å². The van der Waals surface area contributed by atoms with E-state index in [1.54, 1.807) is 0 Å². The monoisotopic (exact) mass is 287 g/mol. The van der Waals surface area contributed by atoms with Gasteiger partial charge in [0.2, 0.25) is 0 Å². The first-order valence-corrected chi connectivity index (χ1v) is 5.55. The van der Waals surface area contributed by atoms with Gasteiger partial charge in [-0.05, 0) is 18.2 Å². The average Bonchev–Trinajstić information content (AvgIpc) is 2.80. The van der Waals surface area contributed by atoms with Crippen LogP contribution in [0.4, 0.5) is 8.78 Å². The minimum Gasteiger partial charge on any atom is -0.434 e. The van der Waals surface area contributed by atoms with E-state index in [4.69, 9.17) is 11.6 Å². The lowest BCUT2D eigenvalue weighted by Crippen LogP contribution is -2.07. The molecule has 1 heterocycles. The Balaban J connectivity index is 2.26. The average molecular weight is 288 g/mol. The first-order valence-electron chi connectivity index (χ1n) is 5.17. The second-order valence-corrected chi connectivity index (χ2v) is 4.03. The van der Waals surface area contributed by atoms with Crippen molar-refractivity contribution in [1.29, 1.82) is 0 Å². The molecule has 0 aliphatic heterocycles. The Kier molecular flexibility index (Phi) is 4.06. The zero-order valence-electron chi connectivity index (χ0n) is 9.46. The third-order valence-corrected chi connectivity index (χ3v) is 2.48. The highest BCUT2D eigenvalue weighted by Crippen LogP contribution is 2.25. The van der Waals surface area contributed by atoms with Gasteiger partial charge in [-0.1, -0.05) is 16.8 Å². The van der Waals surface area contributed by atoms with E-state index < -0.39 is 6.61 Å². The fraction of sp³-hybridized carbons (Fsp3) is 0.182. The largest absolute Gasteiger partial charge is 0.434 e. The van der Waals surface area contributed by atoms with Gasteiger partial charge in [0.05, 0.1) is 12.7 Å². The van der Waals surface area contributed by atoms with E-state index in [2.05, 4.69) is 15.0 Å². The summed E-state index contributed by atoms with van der Waals surface area (Å²) < 4.78 is 30.2. The molecule has 2 rings (SSSR count). The lowest BCUT2D eigenvalue weighted by molar-refractivity contribution is -0.0505. The SMILES string of the molecule is O=Cc1cn(Cc2cc(Cl)ccc2OC(F)F)nn1. The van der Waals surface area contributed by atoms with Crippen molar-refractivity contribution < 1.29 is 18.3 Å². The molecule has 0 spiro atoms. The number of benzene rings is 1. The van der Waals surface area contributed by atoms with Crippen LogP contribution >= 0.6 is 11.6 Å². The Hall–Kier alpha value is -2.02. The number of rotatable bonds is 5. The van der Waals surface area contributed by atoms with Crippen LogP contribution in [0, 0.1) is 0 Å². The van der Waals surface area contributed by atoms with Crippen LogP contribution in [0.2, 0.25) is 5.02 Å². The maximum absolute atomic E-state index is 12.3. The van der Waals surface area contributed by atoms with Gasteiger partial charge >= 0.3 is 6.61 Å². The fourth-order valence-corrected chi connectivity index (χ4v) is 1.70. The summed E-state index contributed by atoms with van der Waals surface area (Å²) in [4.78, 5) is 10.5. The summed E-state index contributed by atoms with van der Waals surface area (Å²) in [5, 5.41) is 7.63. The molecule has 1 aromatic heterocycles. The third-order valence-electron chi connectivity index (χ3n) is 2.25. The molecule has 0 unspecified atom stereocenters. The minimum absolute atomic E-state index is 0.00236. The van der Waals surface area contributed by atoms with Crippen molar-refractivity contribution in [3.8, 4) is 5.75 Å². The quantitative estimate of drug-likeness (QED) is 0.792. The van der Waals surface area contributed by atoms with E-state index in [-0.39, 0.29) is 18.0 Å². The van der Waals surface area contributed by atoms with Gasteiger partial charge in [0, 0.05) is 10.6 Å². The normalized spacial score (nSPS) is 10.7. The molecule has 0 saturated carbocycles. The predicted octanol–water partition coefficient (Wildman–Crippen LogP) is 2.39. The predicted molar refractivity (Wildman–Crippen MR) is 62.6 cm³/mol. The summed E-state index contributed by atoms with van der Waals surface area (Å²) in [5.41, 5.74) is 0.563. The molecule has 2 aromatic rings. The Bertz CT molecular complexity index is 589. The molecule has 100 valence electrons. The molecule has 8 heteroatoms. The summed E-state index contributed by atoms with van der Waals surface area (Å²) in [6.45, 7) is -2.81. The number of halogens is 3. The van der Waals surface area contributed by atoms with Crippen LogP contribution in [0.1, 0.15) is 16.1 Å². The number of nitrogens with zero attached hydrogens (tertiary/aromatic N) is 3. The standard InChI is InChI=1S/C11H8ClF2N3O2/c12-8-1-2-10(19-11(13)14)7(3-8)4-17-5-9(6-18)15-16-17/h1-3,5-6,11H,4H2. The number of ether oxygens (including phenoxy) is 1. The lowest BCUT2D eigenvalue weighted by Gasteiger charge is -2.10. The van der Waals surface area contributed by atoms with E-state index in [9.17, 15) is 13.6 Å². The molecule has 0 atom stereocenters. The molecule has 0 aliphatic rings. The highest BCUT2D eigenvalue weighted by molar-refractivity contribution is 6.30. The molecule has 19 heavy (non-hydrogen) atoms. The summed E-state index contributed by atoms with van der Waals surface area (Å²) in [6.07, 6.45) is 1.93. The van der Waals surface area contributed by atoms with Crippen LogP contribution in [-0.4, -0.2) is 27.9 Å². The van der Waals surface area contributed by atoms with Crippen LogP contribution in [0.3, 0.4) is 0 Å². The Morgan fingerprint density at radius 2 is 2.26 bits per heavy atom. The molecule has 0 radical (unpaired) electrons. The maximum atomic E-state index is 12.3. The number of carbonyl (C=O) groups excluding carboxylic acids is 1. The van der Waals surface area contributed by atoms with Gasteiger partial charge in [-0.2, -0.15) is 8.78 Å². The molecule has 1 aromatic carbocycles. The van der Waals surface area contributed by atoms with Crippen molar-refractivity contribution in [1.82, 2.24) is 15.0 Å². The number of alkyl halides is 2. The second-order valence-electron chi connectivity index (χ2n) is 3.59. The van der Waals surface area contributed by atoms with E-state index >= 15 is 0 Å². The summed E-state index contributed by atoms with van der Waals surface area (Å²) >= 11 is 5.81. The zero-order chi connectivity index (χ0) is 13.8. The number of aldehydes is 1. The molecule has 0 aliphatic carbocycles. The van der Waals surface area contributed by atoms with Crippen molar-refractivity contribution >= 4 is 17.9 Å². The number of hydrogen-bond donors (Lipinski definition) is 0. The van der Waals surface area contributed by atoms with Gasteiger partial charge in [-0.3, -0.25) is 4.79 Å². The smallest absolute Gasteiger partial charge is 0.387 e. The third kappa shape index (κ3) is 3.47. The van der Waals surface area contributed by atoms with Crippen LogP contribution in [0.5, 0.6) is 5.75 Å².